The van der Waals surface area contributed by atoms with Gasteiger partial charge in [0, 0.05) is 12.7 Å². The van der Waals surface area contributed by atoms with Gasteiger partial charge >= 0.3 is 0 Å². The fourth-order valence-electron chi connectivity index (χ4n) is 3.93. The maximum Gasteiger partial charge on any atom is 0.261 e. The van der Waals surface area contributed by atoms with Gasteiger partial charge in [0.15, 0.2) is 0 Å². The van der Waals surface area contributed by atoms with Gasteiger partial charge in [-0.1, -0.05) is 12.1 Å². The maximum absolute atomic E-state index is 12.3. The van der Waals surface area contributed by atoms with Gasteiger partial charge in [-0.15, -0.1) is 0 Å². The highest BCUT2D eigenvalue weighted by atomic mass is 16.2. The number of fused-ring (bicyclic) bond motifs is 1. The van der Waals surface area contributed by atoms with Crippen molar-refractivity contribution in [3.8, 4) is 0 Å². The largest absolute Gasteiger partial charge is 0.295 e. The molecule has 25 heavy (non-hydrogen) atoms. The standard InChI is InChI=1S/C19H22N4O2/c24-18-14-6-1-2-7-15(14)19(25)23(18)13-4-3-11-22-12-5-8-17(22)16-9-10-20-21-16/h1-2,6-7,9-10,17H,3-5,8,11-13H2,(H,20,21). The monoisotopic (exact) mass is 338 g/mol. The number of H-pyrrole nitrogens is 1. The first-order valence-corrected chi connectivity index (χ1v) is 8.94. The van der Waals surface area contributed by atoms with Crippen LogP contribution < -0.4 is 0 Å². The molecule has 1 saturated heterocycles. The second kappa shape index (κ2) is 6.80. The van der Waals surface area contributed by atoms with Crippen LogP contribution in [0.25, 0.3) is 0 Å². The van der Waals surface area contributed by atoms with Gasteiger partial charge < -0.3 is 0 Å². The van der Waals surface area contributed by atoms with E-state index < -0.39 is 0 Å². The topological polar surface area (TPSA) is 69.3 Å². The van der Waals surface area contributed by atoms with Crippen molar-refractivity contribution in [2.45, 2.75) is 31.7 Å². The highest BCUT2D eigenvalue weighted by Crippen LogP contribution is 2.30. The van der Waals surface area contributed by atoms with E-state index in [9.17, 15) is 9.59 Å². The van der Waals surface area contributed by atoms with Crippen molar-refractivity contribution in [1.82, 2.24) is 20.0 Å². The molecule has 0 saturated carbocycles. The number of carbonyl (C=O) groups is 2. The van der Waals surface area contributed by atoms with E-state index in [1.54, 1.807) is 30.5 Å². The van der Waals surface area contributed by atoms with Crippen LogP contribution in [0, 0.1) is 0 Å². The van der Waals surface area contributed by atoms with E-state index >= 15 is 0 Å². The molecule has 1 aromatic carbocycles. The Morgan fingerprint density at radius 3 is 2.44 bits per heavy atom. The van der Waals surface area contributed by atoms with Crippen molar-refractivity contribution in [2.24, 2.45) is 0 Å². The number of aromatic nitrogens is 2. The summed E-state index contributed by atoms with van der Waals surface area (Å²) in [5.74, 6) is -0.311. The Bertz CT molecular complexity index is 736. The number of hydrogen-bond acceptors (Lipinski definition) is 4. The predicted octanol–water partition coefficient (Wildman–Crippen LogP) is 2.62. The summed E-state index contributed by atoms with van der Waals surface area (Å²) in [5.41, 5.74) is 2.25. The number of nitrogens with one attached hydrogen (secondary N) is 1. The molecule has 2 aliphatic rings. The number of rotatable bonds is 6. The van der Waals surface area contributed by atoms with Crippen LogP contribution >= 0.6 is 0 Å². The van der Waals surface area contributed by atoms with E-state index in [2.05, 4.69) is 15.1 Å². The van der Waals surface area contributed by atoms with Crippen LogP contribution in [0.15, 0.2) is 36.5 Å². The summed E-state index contributed by atoms with van der Waals surface area (Å²) in [6, 6.07) is 9.53. The molecule has 3 heterocycles. The number of likely N-dealkylation sites (tertiary alicyclic amines) is 1. The van der Waals surface area contributed by atoms with Crippen LogP contribution in [0.2, 0.25) is 0 Å². The van der Waals surface area contributed by atoms with Crippen LogP contribution in [0.3, 0.4) is 0 Å². The minimum absolute atomic E-state index is 0.155. The van der Waals surface area contributed by atoms with Crippen molar-refractivity contribution >= 4 is 11.8 Å². The maximum atomic E-state index is 12.3. The third-order valence-electron chi connectivity index (χ3n) is 5.20. The summed E-state index contributed by atoms with van der Waals surface area (Å²) >= 11 is 0. The number of unbranched alkanes of at least 4 members (excludes halogenated alkanes) is 1. The van der Waals surface area contributed by atoms with Crippen LogP contribution in [0.5, 0.6) is 0 Å². The molecule has 2 aliphatic heterocycles. The molecular weight excluding hydrogens is 316 g/mol. The van der Waals surface area contributed by atoms with Gasteiger partial charge in [0.1, 0.15) is 0 Å². The molecule has 1 N–H and O–H groups in total. The Labute approximate surface area is 146 Å². The summed E-state index contributed by atoms with van der Waals surface area (Å²) in [7, 11) is 0. The normalized spacial score (nSPS) is 20.5. The van der Waals surface area contributed by atoms with Crippen LogP contribution in [-0.2, 0) is 0 Å². The lowest BCUT2D eigenvalue weighted by Gasteiger charge is -2.23. The van der Waals surface area contributed by atoms with Gasteiger partial charge in [-0.25, -0.2) is 0 Å². The molecule has 0 bridgehead atoms. The van der Waals surface area contributed by atoms with Gasteiger partial charge in [-0.3, -0.25) is 24.5 Å². The lowest BCUT2D eigenvalue weighted by Crippen LogP contribution is -2.31. The first kappa shape index (κ1) is 16.0. The number of carbonyl (C=O) groups excluding carboxylic acids is 2. The Balaban J connectivity index is 1.29. The molecule has 6 heteroatoms. The van der Waals surface area contributed by atoms with Gasteiger partial charge in [-0.2, -0.15) is 5.10 Å². The fraction of sp³-hybridized carbons (Fsp3) is 0.421. The zero-order valence-electron chi connectivity index (χ0n) is 14.1. The predicted molar refractivity (Wildman–Crippen MR) is 93.2 cm³/mol. The molecule has 2 aromatic rings. The first-order valence-electron chi connectivity index (χ1n) is 8.94. The molecule has 2 amide bonds. The third-order valence-corrected chi connectivity index (χ3v) is 5.20. The van der Waals surface area contributed by atoms with E-state index in [1.807, 2.05) is 6.07 Å². The van der Waals surface area contributed by atoms with Crippen molar-refractivity contribution < 1.29 is 9.59 Å². The summed E-state index contributed by atoms with van der Waals surface area (Å²) in [6.07, 6.45) is 5.95. The number of hydrogen-bond donors (Lipinski definition) is 1. The van der Waals surface area contributed by atoms with Gasteiger partial charge in [0.05, 0.1) is 22.9 Å². The number of imide groups is 1. The fourth-order valence-corrected chi connectivity index (χ4v) is 3.93. The summed E-state index contributed by atoms with van der Waals surface area (Å²) in [6.45, 7) is 2.57. The van der Waals surface area contributed by atoms with Crippen LogP contribution in [0.1, 0.15) is 58.1 Å². The minimum atomic E-state index is -0.155. The molecule has 130 valence electrons. The summed E-state index contributed by atoms with van der Waals surface area (Å²) < 4.78 is 0. The van der Waals surface area contributed by atoms with Gasteiger partial charge in [0.25, 0.3) is 11.8 Å². The number of benzene rings is 1. The smallest absolute Gasteiger partial charge is 0.261 e. The van der Waals surface area contributed by atoms with E-state index in [1.165, 1.54) is 17.0 Å². The summed E-state index contributed by atoms with van der Waals surface area (Å²) in [4.78, 5) is 28.6. The Hall–Kier alpha value is -2.47. The molecule has 6 nitrogen and oxygen atoms in total. The number of amides is 2. The Morgan fingerprint density at radius 2 is 1.76 bits per heavy atom. The molecule has 0 spiro atoms. The average molecular weight is 338 g/mol. The van der Waals surface area contributed by atoms with Crippen molar-refractivity contribution in [2.75, 3.05) is 19.6 Å². The second-order valence-electron chi connectivity index (χ2n) is 6.72. The third kappa shape index (κ3) is 2.98. The molecule has 1 unspecified atom stereocenters. The Morgan fingerprint density at radius 1 is 1.04 bits per heavy atom. The van der Waals surface area contributed by atoms with Crippen LogP contribution in [0.4, 0.5) is 0 Å². The molecule has 4 rings (SSSR count). The van der Waals surface area contributed by atoms with Gasteiger partial charge in [-0.05, 0) is 57.0 Å². The van der Waals surface area contributed by atoms with Crippen LogP contribution in [-0.4, -0.2) is 51.4 Å². The lowest BCUT2D eigenvalue weighted by atomic mass is 10.1. The molecule has 1 fully saturated rings. The number of aromatic amines is 1. The van der Waals surface area contributed by atoms with E-state index in [0.717, 1.165) is 32.4 Å². The minimum Gasteiger partial charge on any atom is -0.295 e. The molecule has 1 aromatic heterocycles. The highest BCUT2D eigenvalue weighted by molar-refractivity contribution is 6.21. The molecule has 1 atom stereocenters. The van der Waals surface area contributed by atoms with E-state index in [-0.39, 0.29) is 11.8 Å². The van der Waals surface area contributed by atoms with Crippen molar-refractivity contribution in [1.29, 1.82) is 0 Å². The molecule has 0 aliphatic carbocycles. The highest BCUT2D eigenvalue weighted by Gasteiger charge is 2.34. The zero-order valence-corrected chi connectivity index (χ0v) is 14.1. The van der Waals surface area contributed by atoms with E-state index in [0.29, 0.717) is 23.7 Å². The van der Waals surface area contributed by atoms with Crippen molar-refractivity contribution in [3.63, 3.8) is 0 Å². The second-order valence-corrected chi connectivity index (χ2v) is 6.72. The summed E-state index contributed by atoms with van der Waals surface area (Å²) in [5, 5.41) is 7.13. The van der Waals surface area contributed by atoms with Crippen molar-refractivity contribution in [3.05, 3.63) is 53.3 Å². The zero-order chi connectivity index (χ0) is 17.2. The number of nitrogens with zero attached hydrogens (tertiary/aromatic N) is 3. The average Bonchev–Trinajstić information content (AvgIpc) is 3.35. The first-order chi connectivity index (χ1) is 12.3. The van der Waals surface area contributed by atoms with E-state index in [4.69, 9.17) is 0 Å². The Kier molecular flexibility index (Phi) is 4.36. The molecular formula is C19H22N4O2. The van der Waals surface area contributed by atoms with Gasteiger partial charge in [0.2, 0.25) is 0 Å². The lowest BCUT2D eigenvalue weighted by molar-refractivity contribution is 0.0650. The SMILES string of the molecule is O=C1c2ccccc2C(=O)N1CCCCN1CCCC1c1ccn[nH]1. The molecule has 0 radical (unpaired) electrons. The quantitative estimate of drug-likeness (QED) is 0.649.